The molecule has 0 aliphatic carbocycles. The fourth-order valence-corrected chi connectivity index (χ4v) is 0.536. The zero-order valence-electron chi connectivity index (χ0n) is 5.46. The molecule has 0 amide bonds. The van der Waals surface area contributed by atoms with Gasteiger partial charge in [-0.2, -0.15) is 0 Å². The van der Waals surface area contributed by atoms with Gasteiger partial charge in [0.15, 0.2) is 5.82 Å². The molecule has 0 spiro atoms. The van der Waals surface area contributed by atoms with Crippen molar-refractivity contribution in [3.8, 4) is 11.8 Å². The van der Waals surface area contributed by atoms with Crippen molar-refractivity contribution in [2.75, 3.05) is 6.61 Å². The van der Waals surface area contributed by atoms with Crippen molar-refractivity contribution in [2.45, 2.75) is 6.42 Å². The van der Waals surface area contributed by atoms with Gasteiger partial charge in [-0.1, -0.05) is 5.92 Å². The SMILES string of the molecule is OCCC#Cc1ncc[nH]1. The number of hydrogen-bond donors (Lipinski definition) is 2. The van der Waals surface area contributed by atoms with E-state index < -0.39 is 0 Å². The van der Waals surface area contributed by atoms with E-state index in [9.17, 15) is 0 Å². The minimum Gasteiger partial charge on any atom is -0.395 e. The first-order valence-electron chi connectivity index (χ1n) is 3.02. The fourth-order valence-electron chi connectivity index (χ4n) is 0.536. The van der Waals surface area contributed by atoms with E-state index in [0.29, 0.717) is 12.2 Å². The van der Waals surface area contributed by atoms with Gasteiger partial charge in [0.05, 0.1) is 6.61 Å². The summed E-state index contributed by atoms with van der Waals surface area (Å²) >= 11 is 0. The zero-order valence-corrected chi connectivity index (χ0v) is 5.46. The van der Waals surface area contributed by atoms with Crippen LogP contribution in [-0.2, 0) is 0 Å². The smallest absolute Gasteiger partial charge is 0.182 e. The van der Waals surface area contributed by atoms with Crippen LogP contribution in [0.25, 0.3) is 0 Å². The summed E-state index contributed by atoms with van der Waals surface area (Å²) in [6.07, 6.45) is 3.85. The van der Waals surface area contributed by atoms with Gasteiger partial charge >= 0.3 is 0 Å². The predicted octanol–water partition coefficient (Wildman–Crippen LogP) is 0.144. The first-order valence-corrected chi connectivity index (χ1v) is 3.02. The number of rotatable bonds is 1. The van der Waals surface area contributed by atoms with Crippen molar-refractivity contribution in [3.05, 3.63) is 18.2 Å². The minimum absolute atomic E-state index is 0.105. The Kier molecular flexibility index (Phi) is 2.53. The molecule has 0 atom stereocenters. The molecule has 0 saturated carbocycles. The maximum atomic E-state index is 8.36. The summed E-state index contributed by atoms with van der Waals surface area (Å²) in [5.41, 5.74) is 0. The molecule has 10 heavy (non-hydrogen) atoms. The number of hydrogen-bond acceptors (Lipinski definition) is 2. The first-order chi connectivity index (χ1) is 4.93. The van der Waals surface area contributed by atoms with E-state index in [-0.39, 0.29) is 6.61 Å². The van der Waals surface area contributed by atoms with Crippen LogP contribution in [-0.4, -0.2) is 21.7 Å². The summed E-state index contributed by atoms with van der Waals surface area (Å²) in [7, 11) is 0. The molecular formula is C7H8N2O. The number of nitrogens with zero attached hydrogens (tertiary/aromatic N) is 1. The molecule has 2 N–H and O–H groups in total. The number of aliphatic hydroxyl groups is 1. The van der Waals surface area contributed by atoms with E-state index in [4.69, 9.17) is 5.11 Å². The lowest BCUT2D eigenvalue weighted by Gasteiger charge is -1.77. The number of nitrogens with one attached hydrogen (secondary N) is 1. The quantitative estimate of drug-likeness (QED) is 0.540. The monoisotopic (exact) mass is 136 g/mol. The third-order valence-electron chi connectivity index (χ3n) is 0.942. The van der Waals surface area contributed by atoms with E-state index in [1.165, 1.54) is 0 Å². The maximum absolute atomic E-state index is 8.36. The van der Waals surface area contributed by atoms with Crippen molar-refractivity contribution in [3.63, 3.8) is 0 Å². The van der Waals surface area contributed by atoms with E-state index in [2.05, 4.69) is 21.8 Å². The Morgan fingerprint density at radius 1 is 1.70 bits per heavy atom. The van der Waals surface area contributed by atoms with E-state index in [1.54, 1.807) is 12.4 Å². The Balaban J connectivity index is 2.49. The highest BCUT2D eigenvalue weighted by Crippen LogP contribution is 1.83. The number of aromatic amines is 1. The summed E-state index contributed by atoms with van der Waals surface area (Å²) in [4.78, 5) is 6.71. The van der Waals surface area contributed by atoms with Crippen LogP contribution >= 0.6 is 0 Å². The van der Waals surface area contributed by atoms with Crippen LogP contribution in [0.4, 0.5) is 0 Å². The van der Waals surface area contributed by atoms with Gasteiger partial charge in [0.25, 0.3) is 0 Å². The van der Waals surface area contributed by atoms with Gasteiger partial charge in [-0.3, -0.25) is 0 Å². The van der Waals surface area contributed by atoms with E-state index in [0.717, 1.165) is 0 Å². The highest BCUT2D eigenvalue weighted by molar-refractivity contribution is 5.19. The Bertz CT molecular complexity index is 230. The number of imidazole rings is 1. The average molecular weight is 136 g/mol. The van der Waals surface area contributed by atoms with Gasteiger partial charge in [-0.25, -0.2) is 4.98 Å². The van der Waals surface area contributed by atoms with Crippen molar-refractivity contribution in [2.24, 2.45) is 0 Å². The molecule has 1 rings (SSSR count). The van der Waals surface area contributed by atoms with Gasteiger partial charge in [0.1, 0.15) is 0 Å². The second kappa shape index (κ2) is 3.70. The number of aromatic nitrogens is 2. The molecule has 1 aromatic rings. The van der Waals surface area contributed by atoms with Crippen LogP contribution in [0.3, 0.4) is 0 Å². The molecule has 0 aliphatic heterocycles. The molecule has 0 fully saturated rings. The lowest BCUT2D eigenvalue weighted by Crippen LogP contribution is -1.78. The summed E-state index contributed by atoms with van der Waals surface area (Å²) in [5, 5.41) is 8.36. The molecule has 0 radical (unpaired) electrons. The maximum Gasteiger partial charge on any atom is 0.182 e. The van der Waals surface area contributed by atoms with E-state index >= 15 is 0 Å². The van der Waals surface area contributed by atoms with Crippen LogP contribution < -0.4 is 0 Å². The second-order valence-corrected chi connectivity index (χ2v) is 1.71. The predicted molar refractivity (Wildman–Crippen MR) is 37.2 cm³/mol. The largest absolute Gasteiger partial charge is 0.395 e. The van der Waals surface area contributed by atoms with Gasteiger partial charge in [0, 0.05) is 18.8 Å². The zero-order chi connectivity index (χ0) is 7.23. The summed E-state index contributed by atoms with van der Waals surface area (Å²) in [6, 6.07) is 0. The first kappa shape index (κ1) is 6.84. The molecule has 0 aliphatic rings. The van der Waals surface area contributed by atoms with Crippen LogP contribution in [0.15, 0.2) is 12.4 Å². The van der Waals surface area contributed by atoms with Gasteiger partial charge in [0.2, 0.25) is 0 Å². The molecule has 3 heteroatoms. The highest BCUT2D eigenvalue weighted by atomic mass is 16.2. The third kappa shape index (κ3) is 1.92. The summed E-state index contributed by atoms with van der Waals surface area (Å²) in [6.45, 7) is 0.105. The van der Waals surface area contributed by atoms with Crippen LogP contribution in [0.5, 0.6) is 0 Å². The van der Waals surface area contributed by atoms with Crippen molar-refractivity contribution < 1.29 is 5.11 Å². The van der Waals surface area contributed by atoms with Crippen LogP contribution in [0.1, 0.15) is 12.2 Å². The number of aliphatic hydroxyl groups excluding tert-OH is 1. The van der Waals surface area contributed by atoms with Crippen molar-refractivity contribution in [1.82, 2.24) is 9.97 Å². The summed E-state index contributed by atoms with van der Waals surface area (Å²) < 4.78 is 0. The molecule has 1 heterocycles. The number of H-pyrrole nitrogens is 1. The fraction of sp³-hybridized carbons (Fsp3) is 0.286. The minimum atomic E-state index is 0.105. The van der Waals surface area contributed by atoms with E-state index in [1.807, 2.05) is 0 Å². The third-order valence-corrected chi connectivity index (χ3v) is 0.942. The van der Waals surface area contributed by atoms with Crippen LogP contribution in [0, 0.1) is 11.8 Å². The lowest BCUT2D eigenvalue weighted by molar-refractivity contribution is 0.305. The Labute approximate surface area is 59.1 Å². The Hall–Kier alpha value is -1.27. The van der Waals surface area contributed by atoms with Gasteiger partial charge < -0.3 is 10.1 Å². The molecule has 0 bridgehead atoms. The van der Waals surface area contributed by atoms with Crippen LogP contribution in [0.2, 0.25) is 0 Å². The summed E-state index contributed by atoms with van der Waals surface area (Å²) in [5.74, 6) is 6.14. The second-order valence-electron chi connectivity index (χ2n) is 1.71. The lowest BCUT2D eigenvalue weighted by atomic mass is 10.4. The molecule has 3 nitrogen and oxygen atoms in total. The highest BCUT2D eigenvalue weighted by Gasteiger charge is 1.82. The Morgan fingerprint density at radius 2 is 2.60 bits per heavy atom. The molecular weight excluding hydrogens is 128 g/mol. The molecule has 1 aromatic heterocycles. The normalized spacial score (nSPS) is 8.50. The van der Waals surface area contributed by atoms with Crippen molar-refractivity contribution in [1.29, 1.82) is 0 Å². The molecule has 0 saturated heterocycles. The topological polar surface area (TPSA) is 48.9 Å². The molecule has 0 aromatic carbocycles. The van der Waals surface area contributed by atoms with Crippen molar-refractivity contribution >= 4 is 0 Å². The van der Waals surface area contributed by atoms with Gasteiger partial charge in [-0.05, 0) is 5.92 Å². The molecule has 52 valence electrons. The Morgan fingerprint density at radius 3 is 3.20 bits per heavy atom. The molecule has 0 unspecified atom stereocenters. The van der Waals surface area contributed by atoms with Gasteiger partial charge in [-0.15, -0.1) is 0 Å². The average Bonchev–Trinajstić information content (AvgIpc) is 2.41. The standard InChI is InChI=1S/C7H8N2O/c10-6-2-1-3-7-8-4-5-9-7/h4-5,10H,2,6H2,(H,8,9).